The first-order chi connectivity index (χ1) is 12.5. The Morgan fingerprint density at radius 2 is 2.00 bits per heavy atom. The van der Waals surface area contributed by atoms with Gasteiger partial charge in [0, 0.05) is 19.2 Å². The van der Waals surface area contributed by atoms with Gasteiger partial charge in [-0.3, -0.25) is 10.1 Å². The summed E-state index contributed by atoms with van der Waals surface area (Å²) in [5, 5.41) is 20.1. The highest BCUT2D eigenvalue weighted by molar-refractivity contribution is 5.93. The number of rotatable bonds is 6. The second kappa shape index (κ2) is 7.92. The topological polar surface area (TPSA) is 106 Å². The Morgan fingerprint density at radius 3 is 2.62 bits per heavy atom. The van der Waals surface area contributed by atoms with E-state index in [0.717, 1.165) is 24.6 Å². The number of aromatic carboxylic acids is 1. The number of carboxylic acids is 1. The van der Waals surface area contributed by atoms with Crippen LogP contribution in [-0.4, -0.2) is 40.2 Å². The van der Waals surface area contributed by atoms with Crippen LogP contribution in [0.2, 0.25) is 0 Å². The zero-order valence-electron chi connectivity index (χ0n) is 14.1. The third-order valence-electron chi connectivity index (χ3n) is 4.39. The molecule has 0 aliphatic carbocycles. The van der Waals surface area contributed by atoms with Crippen molar-refractivity contribution in [3.05, 3.63) is 63.8 Å². The average molecular weight is 357 g/mol. The minimum atomic E-state index is -1.33. The van der Waals surface area contributed by atoms with Gasteiger partial charge in [0.1, 0.15) is 17.6 Å². The Hall–Kier alpha value is -3.00. The number of ether oxygens (including phenoxy) is 1. The molecule has 0 amide bonds. The van der Waals surface area contributed by atoms with Crippen LogP contribution < -0.4 is 4.90 Å². The molecule has 136 valence electrons. The quantitative estimate of drug-likeness (QED) is 0.626. The number of benzene rings is 1. The van der Waals surface area contributed by atoms with E-state index in [1.807, 2.05) is 35.2 Å². The van der Waals surface area contributed by atoms with E-state index < -0.39 is 16.6 Å². The van der Waals surface area contributed by atoms with Gasteiger partial charge in [0.15, 0.2) is 0 Å². The van der Waals surface area contributed by atoms with Crippen molar-refractivity contribution < 1.29 is 19.6 Å². The van der Waals surface area contributed by atoms with E-state index in [9.17, 15) is 20.0 Å². The second-order valence-electron chi connectivity index (χ2n) is 6.10. The number of nitro groups is 1. The van der Waals surface area contributed by atoms with E-state index in [4.69, 9.17) is 4.74 Å². The van der Waals surface area contributed by atoms with Crippen LogP contribution in [-0.2, 0) is 11.3 Å². The fourth-order valence-electron chi connectivity index (χ4n) is 2.97. The van der Waals surface area contributed by atoms with Crippen LogP contribution in [0.5, 0.6) is 0 Å². The molecule has 0 radical (unpaired) electrons. The molecule has 1 fully saturated rings. The lowest BCUT2D eigenvalue weighted by atomic mass is 10.1. The van der Waals surface area contributed by atoms with Crippen LogP contribution in [0.25, 0.3) is 0 Å². The Labute approximate surface area is 150 Å². The van der Waals surface area contributed by atoms with Crippen LogP contribution in [0.4, 0.5) is 11.5 Å². The van der Waals surface area contributed by atoms with Gasteiger partial charge in [0.05, 0.1) is 17.6 Å². The van der Waals surface area contributed by atoms with Gasteiger partial charge < -0.3 is 14.7 Å². The molecule has 1 aromatic heterocycles. The van der Waals surface area contributed by atoms with Crippen molar-refractivity contribution in [2.24, 2.45) is 0 Å². The summed E-state index contributed by atoms with van der Waals surface area (Å²) in [6.07, 6.45) is 2.71. The number of aromatic nitrogens is 1. The second-order valence-corrected chi connectivity index (χ2v) is 6.10. The van der Waals surface area contributed by atoms with Gasteiger partial charge in [0.25, 0.3) is 0 Å². The summed E-state index contributed by atoms with van der Waals surface area (Å²) in [5.41, 5.74) is 0.280. The summed E-state index contributed by atoms with van der Waals surface area (Å²) >= 11 is 0. The zero-order valence-corrected chi connectivity index (χ0v) is 14.1. The first-order valence-corrected chi connectivity index (χ1v) is 8.33. The number of hydrogen-bond donors (Lipinski definition) is 1. The van der Waals surface area contributed by atoms with Gasteiger partial charge in [-0.15, -0.1) is 0 Å². The monoisotopic (exact) mass is 357 g/mol. The molecular formula is C18H19N3O5. The molecule has 2 aromatic rings. The SMILES string of the molecule is O=C(O)c1cc(N2CCC(OCc3ccccc3)CC2)ncc1[N+](=O)[O-]. The lowest BCUT2D eigenvalue weighted by Gasteiger charge is -2.32. The molecule has 1 aliphatic rings. The van der Waals surface area contributed by atoms with Crippen LogP contribution in [0.15, 0.2) is 42.6 Å². The van der Waals surface area contributed by atoms with Gasteiger partial charge in [-0.25, -0.2) is 9.78 Å². The number of piperidine rings is 1. The van der Waals surface area contributed by atoms with E-state index in [-0.39, 0.29) is 11.7 Å². The highest BCUT2D eigenvalue weighted by Crippen LogP contribution is 2.25. The Kier molecular flexibility index (Phi) is 5.43. The molecule has 8 heteroatoms. The van der Waals surface area contributed by atoms with E-state index in [1.54, 1.807) is 0 Å². The van der Waals surface area contributed by atoms with Crippen LogP contribution >= 0.6 is 0 Å². The van der Waals surface area contributed by atoms with Crippen molar-refractivity contribution in [3.63, 3.8) is 0 Å². The maximum absolute atomic E-state index is 11.3. The third-order valence-corrected chi connectivity index (χ3v) is 4.39. The predicted octanol–water partition coefficient (Wildman–Crippen LogP) is 2.87. The predicted molar refractivity (Wildman–Crippen MR) is 94.3 cm³/mol. The van der Waals surface area contributed by atoms with E-state index >= 15 is 0 Å². The molecule has 3 rings (SSSR count). The average Bonchev–Trinajstić information content (AvgIpc) is 2.67. The normalized spacial score (nSPS) is 15.0. The highest BCUT2D eigenvalue weighted by Gasteiger charge is 2.25. The fourth-order valence-corrected chi connectivity index (χ4v) is 2.97. The van der Waals surface area contributed by atoms with Gasteiger partial charge >= 0.3 is 11.7 Å². The van der Waals surface area contributed by atoms with Crippen molar-refractivity contribution in [2.45, 2.75) is 25.6 Å². The van der Waals surface area contributed by atoms with Crippen molar-refractivity contribution in [1.29, 1.82) is 0 Å². The number of anilines is 1. The van der Waals surface area contributed by atoms with Crippen LogP contribution in [0, 0.1) is 10.1 Å². The van der Waals surface area contributed by atoms with Crippen molar-refractivity contribution in [2.75, 3.05) is 18.0 Å². The highest BCUT2D eigenvalue weighted by atomic mass is 16.6. The summed E-state index contributed by atoms with van der Waals surface area (Å²) in [5.74, 6) is -0.893. The molecule has 0 atom stereocenters. The molecule has 0 unspecified atom stereocenters. The minimum absolute atomic E-state index is 0.128. The molecule has 8 nitrogen and oxygen atoms in total. The first kappa shape index (κ1) is 17.8. The Balaban J connectivity index is 1.60. The number of pyridine rings is 1. The standard InChI is InChI=1S/C18H19N3O5/c22-18(23)15-10-17(19-11-16(15)21(24)25)20-8-6-14(7-9-20)26-12-13-4-2-1-3-5-13/h1-5,10-11,14H,6-9,12H2,(H,22,23). The van der Waals surface area contributed by atoms with Crippen molar-refractivity contribution in [1.82, 2.24) is 4.98 Å². The van der Waals surface area contributed by atoms with Crippen LogP contribution in [0.1, 0.15) is 28.8 Å². The third kappa shape index (κ3) is 4.15. The van der Waals surface area contributed by atoms with Crippen LogP contribution in [0.3, 0.4) is 0 Å². The molecule has 1 N–H and O–H groups in total. The summed E-state index contributed by atoms with van der Waals surface area (Å²) in [7, 11) is 0. The van der Waals surface area contributed by atoms with Gasteiger partial charge in [-0.1, -0.05) is 30.3 Å². The molecular weight excluding hydrogens is 338 g/mol. The number of carbonyl (C=O) groups is 1. The molecule has 2 heterocycles. The molecule has 1 aromatic carbocycles. The number of nitrogens with zero attached hydrogens (tertiary/aromatic N) is 3. The lowest BCUT2D eigenvalue weighted by Crippen LogP contribution is -2.37. The lowest BCUT2D eigenvalue weighted by molar-refractivity contribution is -0.385. The molecule has 1 saturated heterocycles. The van der Waals surface area contributed by atoms with E-state index in [1.165, 1.54) is 6.07 Å². The minimum Gasteiger partial charge on any atom is -0.477 e. The zero-order chi connectivity index (χ0) is 18.5. The van der Waals surface area contributed by atoms with Gasteiger partial charge in [-0.05, 0) is 18.4 Å². The van der Waals surface area contributed by atoms with E-state index in [0.29, 0.717) is 25.5 Å². The summed E-state index contributed by atoms with van der Waals surface area (Å²) in [6.45, 7) is 1.87. The number of hydrogen-bond acceptors (Lipinski definition) is 6. The molecule has 0 spiro atoms. The first-order valence-electron chi connectivity index (χ1n) is 8.33. The summed E-state index contributed by atoms with van der Waals surface area (Å²) in [4.78, 5) is 27.4. The fraction of sp³-hybridized carbons (Fsp3) is 0.333. The molecule has 0 saturated carbocycles. The largest absolute Gasteiger partial charge is 0.477 e. The summed E-state index contributed by atoms with van der Waals surface area (Å²) < 4.78 is 5.94. The Morgan fingerprint density at radius 1 is 1.31 bits per heavy atom. The summed E-state index contributed by atoms with van der Waals surface area (Å²) in [6, 6.07) is 11.2. The maximum Gasteiger partial charge on any atom is 0.342 e. The molecule has 1 aliphatic heterocycles. The molecule has 26 heavy (non-hydrogen) atoms. The van der Waals surface area contributed by atoms with E-state index in [2.05, 4.69) is 4.98 Å². The van der Waals surface area contributed by atoms with Gasteiger partial charge in [0.2, 0.25) is 0 Å². The Bertz CT molecular complexity index is 789. The smallest absolute Gasteiger partial charge is 0.342 e. The molecule has 0 bridgehead atoms. The number of carboxylic acid groups (broad SMARTS) is 1. The van der Waals surface area contributed by atoms with Crippen molar-refractivity contribution in [3.8, 4) is 0 Å². The van der Waals surface area contributed by atoms with Crippen molar-refractivity contribution >= 4 is 17.5 Å². The van der Waals surface area contributed by atoms with Gasteiger partial charge in [-0.2, -0.15) is 0 Å². The maximum atomic E-state index is 11.3.